The molecule has 0 saturated carbocycles. The predicted molar refractivity (Wildman–Crippen MR) is 87.0 cm³/mol. The van der Waals surface area contributed by atoms with Crippen LogP contribution < -0.4 is 0 Å². The second kappa shape index (κ2) is 6.26. The van der Waals surface area contributed by atoms with Gasteiger partial charge in [-0.3, -0.25) is 0 Å². The summed E-state index contributed by atoms with van der Waals surface area (Å²) in [6.07, 6.45) is 0. The maximum atomic E-state index is 3.18. The average Bonchev–Trinajstić information content (AvgIpc) is 3.17. The van der Waals surface area contributed by atoms with Gasteiger partial charge in [-0.25, -0.2) is 0 Å². The number of benzene rings is 1. The average molecular weight is 290 g/mol. The maximum absolute atomic E-state index is 3.18. The number of rotatable bonds is 0. The molecule has 3 aromatic rings. The third-order valence-electron chi connectivity index (χ3n) is 2.56. The van der Waals surface area contributed by atoms with Crippen LogP contribution in [-0.4, -0.2) is 0 Å². The van der Waals surface area contributed by atoms with Crippen molar-refractivity contribution in [3.8, 4) is 23.7 Å². The monoisotopic (exact) mass is 290 g/mol. The third-order valence-corrected chi connectivity index (χ3v) is 4.14. The highest BCUT2D eigenvalue weighted by atomic mass is 32.1. The summed E-state index contributed by atoms with van der Waals surface area (Å²) in [5, 5.41) is 4.07. The van der Waals surface area contributed by atoms with Crippen LogP contribution >= 0.6 is 22.7 Å². The summed E-state index contributed by atoms with van der Waals surface area (Å²) in [7, 11) is 0. The van der Waals surface area contributed by atoms with Crippen LogP contribution in [0.15, 0.2) is 59.3 Å². The molecular formula is C18H10S2. The Morgan fingerprint density at radius 3 is 1.60 bits per heavy atom. The first-order valence-electron chi connectivity index (χ1n) is 6.11. The molecule has 0 spiro atoms. The summed E-state index contributed by atoms with van der Waals surface area (Å²) >= 11 is 3.31. The van der Waals surface area contributed by atoms with Crippen molar-refractivity contribution in [2.75, 3.05) is 0 Å². The van der Waals surface area contributed by atoms with Gasteiger partial charge in [-0.15, -0.1) is 22.7 Å². The SMILES string of the molecule is C(#Cc1cccs1)c1cccc(C#Cc2cccs2)c1. The van der Waals surface area contributed by atoms with Crippen LogP contribution in [0.2, 0.25) is 0 Å². The Hall–Kier alpha value is -2.26. The molecule has 0 atom stereocenters. The molecule has 0 amide bonds. The number of hydrogen-bond donors (Lipinski definition) is 0. The first-order chi connectivity index (χ1) is 9.90. The molecule has 0 radical (unpaired) electrons. The van der Waals surface area contributed by atoms with E-state index < -0.39 is 0 Å². The van der Waals surface area contributed by atoms with Gasteiger partial charge in [-0.1, -0.05) is 41.9 Å². The van der Waals surface area contributed by atoms with Gasteiger partial charge in [-0.2, -0.15) is 0 Å². The number of thiophene rings is 2. The highest BCUT2D eigenvalue weighted by Gasteiger charge is 1.91. The first kappa shape index (κ1) is 12.8. The standard InChI is InChI=1S/C18H10S2/c1-4-15(8-10-17-6-2-12-19-17)14-16(5-1)9-11-18-7-3-13-20-18/h1-7,12-14H. The minimum Gasteiger partial charge on any atom is -0.135 e. The largest absolute Gasteiger partial charge is 0.135 e. The Balaban J connectivity index is 1.83. The fourth-order valence-electron chi connectivity index (χ4n) is 1.64. The second-order valence-corrected chi connectivity index (χ2v) is 5.93. The molecule has 94 valence electrons. The summed E-state index contributed by atoms with van der Waals surface area (Å²) in [4.78, 5) is 2.17. The van der Waals surface area contributed by atoms with Gasteiger partial charge < -0.3 is 0 Å². The van der Waals surface area contributed by atoms with E-state index in [1.54, 1.807) is 22.7 Å². The van der Waals surface area contributed by atoms with Gasteiger partial charge in [-0.05, 0) is 41.1 Å². The summed E-state index contributed by atoms with van der Waals surface area (Å²) in [5.41, 5.74) is 1.99. The molecule has 3 rings (SSSR count). The number of hydrogen-bond acceptors (Lipinski definition) is 2. The Labute approximate surface area is 126 Å². The van der Waals surface area contributed by atoms with E-state index in [2.05, 4.69) is 23.7 Å². The fourth-order valence-corrected chi connectivity index (χ4v) is 2.78. The van der Waals surface area contributed by atoms with E-state index in [-0.39, 0.29) is 0 Å². The molecule has 0 bridgehead atoms. The lowest BCUT2D eigenvalue weighted by molar-refractivity contribution is 1.60. The summed E-state index contributed by atoms with van der Waals surface area (Å²) in [6, 6.07) is 16.1. The molecule has 0 fully saturated rings. The van der Waals surface area contributed by atoms with Crippen LogP contribution in [0.3, 0.4) is 0 Å². The van der Waals surface area contributed by atoms with Crippen molar-refractivity contribution in [1.82, 2.24) is 0 Å². The van der Waals surface area contributed by atoms with Crippen LogP contribution in [-0.2, 0) is 0 Å². The van der Waals surface area contributed by atoms with Crippen molar-refractivity contribution in [3.05, 3.63) is 80.2 Å². The summed E-state index contributed by atoms with van der Waals surface area (Å²) in [6.45, 7) is 0. The fraction of sp³-hybridized carbons (Fsp3) is 0. The van der Waals surface area contributed by atoms with Crippen molar-refractivity contribution >= 4 is 22.7 Å². The van der Waals surface area contributed by atoms with Crippen LogP contribution in [0.1, 0.15) is 20.9 Å². The van der Waals surface area contributed by atoms with Gasteiger partial charge in [0.15, 0.2) is 0 Å². The quantitative estimate of drug-likeness (QED) is 0.530. The van der Waals surface area contributed by atoms with E-state index >= 15 is 0 Å². The van der Waals surface area contributed by atoms with Crippen molar-refractivity contribution in [3.63, 3.8) is 0 Å². The van der Waals surface area contributed by atoms with E-state index in [1.807, 2.05) is 59.3 Å². The van der Waals surface area contributed by atoms with E-state index in [0.29, 0.717) is 0 Å². The molecule has 0 unspecified atom stereocenters. The molecule has 2 heterocycles. The zero-order valence-corrected chi connectivity index (χ0v) is 12.2. The first-order valence-corrected chi connectivity index (χ1v) is 7.87. The van der Waals surface area contributed by atoms with E-state index in [0.717, 1.165) is 20.9 Å². The maximum Gasteiger partial charge on any atom is 0.0772 e. The van der Waals surface area contributed by atoms with Gasteiger partial charge in [0, 0.05) is 11.1 Å². The zero-order chi connectivity index (χ0) is 13.6. The normalized spacial score (nSPS) is 9.20. The zero-order valence-electron chi connectivity index (χ0n) is 10.6. The lowest BCUT2D eigenvalue weighted by Crippen LogP contribution is -1.78. The Kier molecular flexibility index (Phi) is 3.99. The minimum absolute atomic E-state index is 0.997. The molecule has 0 N–H and O–H groups in total. The molecule has 20 heavy (non-hydrogen) atoms. The minimum atomic E-state index is 0.997. The van der Waals surface area contributed by atoms with Gasteiger partial charge in [0.05, 0.1) is 9.75 Å². The van der Waals surface area contributed by atoms with Crippen LogP contribution in [0.4, 0.5) is 0 Å². The molecule has 2 heteroatoms. The van der Waals surface area contributed by atoms with Gasteiger partial charge in [0.2, 0.25) is 0 Å². The Morgan fingerprint density at radius 1 is 0.600 bits per heavy atom. The summed E-state index contributed by atoms with van der Waals surface area (Å²) < 4.78 is 0. The second-order valence-electron chi connectivity index (χ2n) is 4.04. The van der Waals surface area contributed by atoms with Crippen molar-refractivity contribution in [2.45, 2.75) is 0 Å². The van der Waals surface area contributed by atoms with Crippen molar-refractivity contribution < 1.29 is 0 Å². The third kappa shape index (κ3) is 3.39. The molecule has 0 aliphatic rings. The van der Waals surface area contributed by atoms with Crippen LogP contribution in [0.25, 0.3) is 0 Å². The van der Waals surface area contributed by atoms with E-state index in [1.165, 1.54) is 0 Å². The smallest absolute Gasteiger partial charge is 0.0772 e. The Morgan fingerprint density at radius 2 is 1.15 bits per heavy atom. The lowest BCUT2D eigenvalue weighted by atomic mass is 10.1. The Bertz CT molecular complexity index is 734. The predicted octanol–water partition coefficient (Wildman–Crippen LogP) is 4.61. The molecular weight excluding hydrogens is 280 g/mol. The van der Waals surface area contributed by atoms with E-state index in [9.17, 15) is 0 Å². The van der Waals surface area contributed by atoms with Crippen LogP contribution in [0.5, 0.6) is 0 Å². The van der Waals surface area contributed by atoms with E-state index in [4.69, 9.17) is 0 Å². The molecule has 0 saturated heterocycles. The van der Waals surface area contributed by atoms with Crippen molar-refractivity contribution in [1.29, 1.82) is 0 Å². The van der Waals surface area contributed by atoms with Gasteiger partial charge in [0.1, 0.15) is 0 Å². The molecule has 0 aliphatic heterocycles. The molecule has 1 aromatic carbocycles. The highest BCUT2D eigenvalue weighted by Crippen LogP contribution is 2.09. The highest BCUT2D eigenvalue weighted by molar-refractivity contribution is 7.10. The molecule has 0 aliphatic carbocycles. The van der Waals surface area contributed by atoms with Crippen LogP contribution in [0, 0.1) is 23.7 Å². The van der Waals surface area contributed by atoms with Gasteiger partial charge in [0.25, 0.3) is 0 Å². The lowest BCUT2D eigenvalue weighted by Gasteiger charge is -1.92. The molecule has 0 nitrogen and oxygen atoms in total. The summed E-state index contributed by atoms with van der Waals surface area (Å²) in [5.74, 6) is 12.7. The van der Waals surface area contributed by atoms with Gasteiger partial charge >= 0.3 is 0 Å². The topological polar surface area (TPSA) is 0 Å². The molecule has 2 aromatic heterocycles. The van der Waals surface area contributed by atoms with Crippen molar-refractivity contribution in [2.24, 2.45) is 0 Å².